The number of aliphatic hydroxyl groups excluding tert-OH is 1. The van der Waals surface area contributed by atoms with Gasteiger partial charge in [-0.3, -0.25) is 0 Å². The van der Waals surface area contributed by atoms with Crippen molar-refractivity contribution in [3.63, 3.8) is 0 Å². The highest BCUT2D eigenvalue weighted by Gasteiger charge is 2.36. The molecule has 0 bridgehead atoms. The molecular weight excluding hydrogens is 536 g/mol. The molecule has 0 radical (unpaired) electrons. The molecule has 1 saturated carbocycles. The number of anilines is 1. The fraction of sp³-hybridized carbons (Fsp3) is 0.636. The van der Waals surface area contributed by atoms with Gasteiger partial charge in [0.05, 0.1) is 50.9 Å². The largest absolute Gasteiger partial charge is 0.490 e. The van der Waals surface area contributed by atoms with E-state index in [4.69, 9.17) is 28.4 Å². The molecule has 2 heterocycles. The Labute approximate surface area is 250 Å². The van der Waals surface area contributed by atoms with Crippen molar-refractivity contribution < 1.29 is 33.5 Å². The summed E-state index contributed by atoms with van der Waals surface area (Å²) in [4.78, 5) is 2.37. The summed E-state index contributed by atoms with van der Waals surface area (Å²) in [7, 11) is 3.33. The number of nitrogens with zero attached hydrogens (tertiary/aromatic N) is 1. The monoisotopic (exact) mass is 584 g/mol. The molecule has 2 N–H and O–H groups in total. The van der Waals surface area contributed by atoms with E-state index in [-0.39, 0.29) is 31.3 Å². The summed E-state index contributed by atoms with van der Waals surface area (Å²) in [5, 5.41) is 13.8. The number of benzene rings is 2. The van der Waals surface area contributed by atoms with Crippen LogP contribution >= 0.6 is 0 Å². The van der Waals surface area contributed by atoms with Crippen molar-refractivity contribution in [1.82, 2.24) is 5.32 Å². The number of fused-ring (bicyclic) bond motifs is 1. The van der Waals surface area contributed by atoms with Gasteiger partial charge in [-0.15, -0.1) is 0 Å². The topological polar surface area (TPSA) is 90.9 Å². The van der Waals surface area contributed by atoms with Crippen molar-refractivity contribution in [2.75, 3.05) is 78.3 Å². The van der Waals surface area contributed by atoms with Gasteiger partial charge in [0.2, 0.25) is 0 Å². The van der Waals surface area contributed by atoms with Crippen molar-refractivity contribution in [2.45, 2.75) is 56.7 Å². The number of nitrogens with one attached hydrogen (secondary N) is 1. The molecule has 9 nitrogen and oxygen atoms in total. The van der Waals surface area contributed by atoms with Crippen molar-refractivity contribution in [3.05, 3.63) is 59.2 Å². The maximum absolute atomic E-state index is 10.3. The van der Waals surface area contributed by atoms with Gasteiger partial charge in [-0.2, -0.15) is 0 Å². The molecule has 0 aromatic heterocycles. The van der Waals surface area contributed by atoms with Crippen LogP contribution in [-0.4, -0.2) is 96.9 Å². The molecule has 232 valence electrons. The summed E-state index contributed by atoms with van der Waals surface area (Å²) >= 11 is 0. The Morgan fingerprint density at radius 3 is 2.50 bits per heavy atom. The standard InChI is InChI=1S/C33H48N2O7/c1-37-14-3-12-35-13-15-40-30-11-8-26(16-29(30)35)21-41-31-17-34-18-32(42-23-28(36)22-38-2)33(31)27-9-6-25(7-10-27)20-39-19-24-4-5-24/h6-11,16,24,28,31-34,36H,3-5,12-15,17-23H2,1-2H3/t28-,31+,32-,33-/m1/s1. The smallest absolute Gasteiger partial charge is 0.142 e. The van der Waals surface area contributed by atoms with Crippen LogP contribution in [0.15, 0.2) is 42.5 Å². The summed E-state index contributed by atoms with van der Waals surface area (Å²) in [6.07, 6.45) is 2.63. The lowest BCUT2D eigenvalue weighted by Crippen LogP contribution is -2.51. The first kappa shape index (κ1) is 31.2. The number of ether oxygens (including phenoxy) is 6. The minimum atomic E-state index is -0.674. The highest BCUT2D eigenvalue weighted by atomic mass is 16.5. The summed E-state index contributed by atoms with van der Waals surface area (Å²) in [5.41, 5.74) is 4.56. The Kier molecular flexibility index (Phi) is 11.9. The van der Waals surface area contributed by atoms with Crippen LogP contribution in [0.5, 0.6) is 5.75 Å². The number of aliphatic hydroxyl groups is 1. The minimum Gasteiger partial charge on any atom is -0.490 e. The summed E-state index contributed by atoms with van der Waals surface area (Å²) < 4.78 is 35.1. The van der Waals surface area contributed by atoms with Gasteiger partial charge >= 0.3 is 0 Å². The Morgan fingerprint density at radius 2 is 1.74 bits per heavy atom. The quantitative estimate of drug-likeness (QED) is 0.271. The second-order valence-corrected chi connectivity index (χ2v) is 11.7. The van der Waals surface area contributed by atoms with Crippen LogP contribution in [-0.2, 0) is 36.9 Å². The number of hydrogen-bond acceptors (Lipinski definition) is 9. The predicted molar refractivity (Wildman–Crippen MR) is 161 cm³/mol. The molecule has 3 aliphatic rings. The number of piperidine rings is 1. The maximum atomic E-state index is 10.3. The first-order valence-electron chi connectivity index (χ1n) is 15.4. The molecule has 2 aliphatic heterocycles. The van der Waals surface area contributed by atoms with Crippen LogP contribution < -0.4 is 15.0 Å². The van der Waals surface area contributed by atoms with Gasteiger partial charge in [-0.25, -0.2) is 0 Å². The van der Waals surface area contributed by atoms with Crippen molar-refractivity contribution in [1.29, 1.82) is 0 Å². The van der Waals surface area contributed by atoms with Crippen LogP contribution in [0.1, 0.15) is 41.9 Å². The van der Waals surface area contributed by atoms with Crippen LogP contribution in [0.2, 0.25) is 0 Å². The van der Waals surface area contributed by atoms with E-state index >= 15 is 0 Å². The van der Waals surface area contributed by atoms with Gasteiger partial charge in [0, 0.05) is 53.0 Å². The van der Waals surface area contributed by atoms with Crippen molar-refractivity contribution in [2.24, 2.45) is 5.92 Å². The van der Waals surface area contributed by atoms with E-state index in [1.54, 1.807) is 14.2 Å². The fourth-order valence-electron chi connectivity index (χ4n) is 5.80. The summed E-state index contributed by atoms with van der Waals surface area (Å²) in [6.45, 7) is 7.05. The van der Waals surface area contributed by atoms with Gasteiger partial charge < -0.3 is 43.7 Å². The fourth-order valence-corrected chi connectivity index (χ4v) is 5.80. The second kappa shape index (κ2) is 16.0. The lowest BCUT2D eigenvalue weighted by Gasteiger charge is -2.39. The molecule has 0 amide bonds. The van der Waals surface area contributed by atoms with Crippen LogP contribution in [0.4, 0.5) is 5.69 Å². The van der Waals surface area contributed by atoms with Crippen LogP contribution in [0.25, 0.3) is 0 Å². The van der Waals surface area contributed by atoms with Gasteiger partial charge in [0.1, 0.15) is 18.5 Å². The first-order valence-corrected chi connectivity index (χ1v) is 15.4. The predicted octanol–water partition coefficient (Wildman–Crippen LogP) is 3.51. The van der Waals surface area contributed by atoms with E-state index in [9.17, 15) is 5.11 Å². The molecule has 4 atom stereocenters. The average molecular weight is 585 g/mol. The highest BCUT2D eigenvalue weighted by molar-refractivity contribution is 5.61. The van der Waals surface area contributed by atoms with E-state index in [1.165, 1.54) is 24.0 Å². The zero-order chi connectivity index (χ0) is 29.1. The van der Waals surface area contributed by atoms with Crippen LogP contribution in [0.3, 0.4) is 0 Å². The Balaban J connectivity index is 1.27. The first-order chi connectivity index (χ1) is 20.6. The third-order valence-corrected chi connectivity index (χ3v) is 8.26. The molecule has 2 aromatic carbocycles. The maximum Gasteiger partial charge on any atom is 0.142 e. The lowest BCUT2D eigenvalue weighted by molar-refractivity contribution is -0.0856. The highest BCUT2D eigenvalue weighted by Crippen LogP contribution is 2.35. The number of methoxy groups -OCH3 is 2. The van der Waals surface area contributed by atoms with E-state index in [0.717, 1.165) is 55.6 Å². The van der Waals surface area contributed by atoms with Crippen molar-refractivity contribution in [3.8, 4) is 5.75 Å². The SMILES string of the molecule is COCCCN1CCOc2ccc(CO[C@H]3CNC[C@@H](OC[C@H](O)COC)[C@@H]3c3ccc(COCC4CC4)cc3)cc21. The van der Waals surface area contributed by atoms with E-state index in [1.807, 2.05) is 0 Å². The number of rotatable bonds is 17. The normalized spacial score (nSPS) is 22.9. The zero-order valence-electron chi connectivity index (χ0n) is 25.2. The lowest BCUT2D eigenvalue weighted by atomic mass is 9.85. The second-order valence-electron chi connectivity index (χ2n) is 11.7. The molecule has 1 saturated heterocycles. The third-order valence-electron chi connectivity index (χ3n) is 8.26. The minimum absolute atomic E-state index is 0.00827. The van der Waals surface area contributed by atoms with Crippen LogP contribution in [0, 0.1) is 5.92 Å². The van der Waals surface area contributed by atoms with Gasteiger partial charge in [-0.1, -0.05) is 30.3 Å². The molecule has 42 heavy (non-hydrogen) atoms. The van der Waals surface area contributed by atoms with Gasteiger partial charge in [0.25, 0.3) is 0 Å². The molecular formula is C33H48N2O7. The molecule has 9 heteroatoms. The van der Waals surface area contributed by atoms with Gasteiger partial charge in [-0.05, 0) is 54.0 Å². The van der Waals surface area contributed by atoms with Crippen molar-refractivity contribution >= 4 is 5.69 Å². The average Bonchev–Trinajstić information content (AvgIpc) is 3.84. The molecule has 0 unspecified atom stereocenters. The van der Waals surface area contributed by atoms with E-state index in [0.29, 0.717) is 32.9 Å². The molecule has 5 rings (SSSR count). The summed E-state index contributed by atoms with van der Waals surface area (Å²) in [5.74, 6) is 1.68. The Morgan fingerprint density at radius 1 is 0.952 bits per heavy atom. The molecule has 0 spiro atoms. The van der Waals surface area contributed by atoms with E-state index in [2.05, 4.69) is 52.7 Å². The number of hydrogen-bond donors (Lipinski definition) is 2. The molecule has 2 aromatic rings. The van der Waals surface area contributed by atoms with Gasteiger partial charge in [0.15, 0.2) is 0 Å². The Hall–Kier alpha value is -2.24. The molecule has 1 aliphatic carbocycles. The Bertz CT molecular complexity index is 1080. The van der Waals surface area contributed by atoms with E-state index < -0.39 is 6.10 Å². The summed E-state index contributed by atoms with van der Waals surface area (Å²) in [6, 6.07) is 15.0. The molecule has 2 fully saturated rings. The third kappa shape index (κ3) is 8.89. The zero-order valence-corrected chi connectivity index (χ0v) is 25.2.